The monoisotopic (exact) mass is 393 g/mol. The fourth-order valence-corrected chi connectivity index (χ4v) is 4.37. The number of nitrogens with zero attached hydrogens (tertiary/aromatic N) is 2. The summed E-state index contributed by atoms with van der Waals surface area (Å²) in [6.07, 6.45) is 3.52. The van der Waals surface area contributed by atoms with Crippen LogP contribution in [0.25, 0.3) is 10.1 Å². The van der Waals surface area contributed by atoms with Gasteiger partial charge in [0.25, 0.3) is 0 Å². The summed E-state index contributed by atoms with van der Waals surface area (Å²) in [6.45, 7) is 1.61. The van der Waals surface area contributed by atoms with Crippen molar-refractivity contribution >= 4 is 33.2 Å². The van der Waals surface area contributed by atoms with Crippen LogP contribution >= 0.6 is 11.3 Å². The molecule has 1 fully saturated rings. The van der Waals surface area contributed by atoms with E-state index in [1.807, 2.05) is 18.2 Å². The number of amides is 2. The lowest BCUT2D eigenvalue weighted by Gasteiger charge is -2.32. The molecule has 1 aliphatic heterocycles. The third-order valence-corrected chi connectivity index (χ3v) is 6.12. The Kier molecular flexibility index (Phi) is 5.67. The third-order valence-electron chi connectivity index (χ3n) is 5.22. The Morgan fingerprint density at radius 2 is 2.18 bits per heavy atom. The van der Waals surface area contributed by atoms with E-state index >= 15 is 0 Å². The highest BCUT2D eigenvalue weighted by Gasteiger charge is 2.29. The van der Waals surface area contributed by atoms with Crippen LogP contribution in [0.4, 0.5) is 0 Å². The largest absolute Gasteiger partial charge is 0.352 e. The van der Waals surface area contributed by atoms with Crippen LogP contribution in [-0.4, -0.2) is 34.8 Å². The number of nitrogens with one attached hydrogen (secondary N) is 1. The van der Waals surface area contributed by atoms with E-state index in [0.29, 0.717) is 38.9 Å². The first-order chi connectivity index (χ1) is 13.7. The quantitative estimate of drug-likeness (QED) is 0.698. The Balaban J connectivity index is 1.31. The predicted octanol–water partition coefficient (Wildman–Crippen LogP) is 3.39. The summed E-state index contributed by atoms with van der Waals surface area (Å²) in [7, 11) is 0. The first-order valence-corrected chi connectivity index (χ1v) is 10.5. The van der Waals surface area contributed by atoms with Crippen LogP contribution < -0.4 is 5.32 Å². The van der Waals surface area contributed by atoms with Crippen molar-refractivity contribution in [2.24, 2.45) is 5.92 Å². The van der Waals surface area contributed by atoms with Crippen LogP contribution in [0, 0.1) is 5.92 Å². The van der Waals surface area contributed by atoms with Gasteiger partial charge in [-0.1, -0.05) is 12.1 Å². The lowest BCUT2D eigenvalue weighted by Crippen LogP contribution is -2.46. The Labute approximate surface area is 168 Å². The fourth-order valence-electron chi connectivity index (χ4n) is 3.60. The standard InChI is InChI=1S/C22H23N3O2S/c26-21-7-5-18(15-25(21)11-8-19-3-1-2-10-23-19)22(27)24-14-16-4-6-20-17(13-16)9-12-28-20/h1-4,6,9-10,12-13,18H,5,7-8,11,14-15H2,(H,24,27). The lowest BCUT2D eigenvalue weighted by atomic mass is 9.96. The van der Waals surface area contributed by atoms with Gasteiger partial charge in [0.2, 0.25) is 11.8 Å². The maximum absolute atomic E-state index is 12.7. The maximum Gasteiger partial charge on any atom is 0.225 e. The van der Waals surface area contributed by atoms with Crippen molar-refractivity contribution < 1.29 is 9.59 Å². The number of aromatic nitrogens is 1. The van der Waals surface area contributed by atoms with E-state index in [1.165, 1.54) is 10.1 Å². The Hall–Kier alpha value is -2.73. The molecule has 4 rings (SSSR count). The number of rotatable bonds is 6. The summed E-state index contributed by atoms with van der Waals surface area (Å²) in [4.78, 5) is 31.0. The molecule has 3 heterocycles. The normalized spacial score (nSPS) is 17.1. The van der Waals surface area contributed by atoms with Gasteiger partial charge < -0.3 is 10.2 Å². The third kappa shape index (κ3) is 4.39. The second-order valence-corrected chi connectivity index (χ2v) is 8.10. The summed E-state index contributed by atoms with van der Waals surface area (Å²) in [5, 5.41) is 6.33. The molecule has 1 saturated heterocycles. The van der Waals surface area contributed by atoms with E-state index < -0.39 is 0 Å². The average molecular weight is 394 g/mol. The van der Waals surface area contributed by atoms with E-state index in [9.17, 15) is 9.59 Å². The number of hydrogen-bond donors (Lipinski definition) is 1. The second-order valence-electron chi connectivity index (χ2n) is 7.16. The highest BCUT2D eigenvalue weighted by Crippen LogP contribution is 2.22. The first-order valence-electron chi connectivity index (χ1n) is 9.60. The zero-order valence-electron chi connectivity index (χ0n) is 15.6. The van der Waals surface area contributed by atoms with Crippen molar-refractivity contribution in [3.8, 4) is 0 Å². The molecule has 1 aromatic carbocycles. The minimum Gasteiger partial charge on any atom is -0.352 e. The summed E-state index contributed by atoms with van der Waals surface area (Å²) < 4.78 is 1.25. The number of carbonyl (C=O) groups excluding carboxylic acids is 2. The van der Waals surface area contributed by atoms with Gasteiger partial charge in [0.1, 0.15) is 0 Å². The van der Waals surface area contributed by atoms with Crippen molar-refractivity contribution in [1.82, 2.24) is 15.2 Å². The summed E-state index contributed by atoms with van der Waals surface area (Å²) in [6, 6.07) is 14.2. The smallest absolute Gasteiger partial charge is 0.225 e. The summed E-state index contributed by atoms with van der Waals surface area (Å²) in [5.74, 6) is 0.00922. The predicted molar refractivity (Wildman–Crippen MR) is 111 cm³/mol. The van der Waals surface area contributed by atoms with Crippen molar-refractivity contribution in [2.45, 2.75) is 25.8 Å². The fraction of sp³-hybridized carbons (Fsp3) is 0.318. The number of fused-ring (bicyclic) bond motifs is 1. The van der Waals surface area contributed by atoms with Crippen LogP contribution in [0.3, 0.4) is 0 Å². The van der Waals surface area contributed by atoms with Gasteiger partial charge in [0, 0.05) is 49.1 Å². The number of hydrogen-bond acceptors (Lipinski definition) is 4. The molecule has 144 valence electrons. The molecule has 0 aliphatic carbocycles. The Morgan fingerprint density at radius 3 is 3.04 bits per heavy atom. The molecule has 1 N–H and O–H groups in total. The minimum atomic E-state index is -0.147. The van der Waals surface area contributed by atoms with Gasteiger partial charge in [-0.25, -0.2) is 0 Å². The molecule has 6 heteroatoms. The molecule has 0 spiro atoms. The van der Waals surface area contributed by atoms with Crippen LogP contribution in [-0.2, 0) is 22.6 Å². The summed E-state index contributed by atoms with van der Waals surface area (Å²) in [5.41, 5.74) is 2.06. The number of likely N-dealkylation sites (tertiary alicyclic amines) is 1. The number of piperidine rings is 1. The molecule has 28 heavy (non-hydrogen) atoms. The van der Waals surface area contributed by atoms with Gasteiger partial charge in [0.15, 0.2) is 0 Å². The topological polar surface area (TPSA) is 62.3 Å². The Bertz CT molecular complexity index is 970. The highest BCUT2D eigenvalue weighted by molar-refractivity contribution is 7.17. The SMILES string of the molecule is O=C(NCc1ccc2sccc2c1)C1CCC(=O)N(CCc2ccccn2)C1. The molecular formula is C22H23N3O2S. The highest BCUT2D eigenvalue weighted by atomic mass is 32.1. The number of carbonyl (C=O) groups is 2. The van der Waals surface area contributed by atoms with Gasteiger partial charge in [-0.2, -0.15) is 0 Å². The minimum absolute atomic E-state index is 0.0285. The van der Waals surface area contributed by atoms with E-state index in [4.69, 9.17) is 0 Å². The lowest BCUT2D eigenvalue weighted by molar-refractivity contribution is -0.138. The van der Waals surface area contributed by atoms with Gasteiger partial charge >= 0.3 is 0 Å². The number of pyridine rings is 1. The van der Waals surface area contributed by atoms with Crippen molar-refractivity contribution in [2.75, 3.05) is 13.1 Å². The zero-order valence-corrected chi connectivity index (χ0v) is 16.5. The van der Waals surface area contributed by atoms with Gasteiger partial charge in [-0.15, -0.1) is 11.3 Å². The van der Waals surface area contributed by atoms with Crippen molar-refractivity contribution in [1.29, 1.82) is 0 Å². The van der Waals surface area contributed by atoms with Gasteiger partial charge in [-0.05, 0) is 53.1 Å². The Morgan fingerprint density at radius 1 is 1.25 bits per heavy atom. The van der Waals surface area contributed by atoms with Gasteiger partial charge in [-0.3, -0.25) is 14.6 Å². The van der Waals surface area contributed by atoms with E-state index in [0.717, 1.165) is 11.3 Å². The van der Waals surface area contributed by atoms with E-state index in [1.54, 1.807) is 22.4 Å². The molecule has 0 radical (unpaired) electrons. The van der Waals surface area contributed by atoms with Crippen LogP contribution in [0.5, 0.6) is 0 Å². The molecular weight excluding hydrogens is 370 g/mol. The molecule has 0 saturated carbocycles. The molecule has 1 aliphatic rings. The van der Waals surface area contributed by atoms with Crippen LogP contribution in [0.1, 0.15) is 24.1 Å². The average Bonchev–Trinajstić information content (AvgIpc) is 3.20. The molecule has 1 unspecified atom stereocenters. The van der Waals surface area contributed by atoms with Crippen LogP contribution in [0.2, 0.25) is 0 Å². The van der Waals surface area contributed by atoms with Crippen molar-refractivity contribution in [3.63, 3.8) is 0 Å². The molecule has 2 amide bonds. The summed E-state index contributed by atoms with van der Waals surface area (Å²) >= 11 is 1.72. The molecule has 3 aromatic rings. The molecule has 2 aromatic heterocycles. The molecule has 1 atom stereocenters. The first kappa shape index (κ1) is 18.6. The molecule has 5 nitrogen and oxygen atoms in total. The number of thiophene rings is 1. The van der Waals surface area contributed by atoms with E-state index in [-0.39, 0.29) is 17.7 Å². The maximum atomic E-state index is 12.7. The van der Waals surface area contributed by atoms with Crippen molar-refractivity contribution in [3.05, 3.63) is 65.3 Å². The van der Waals surface area contributed by atoms with E-state index in [2.05, 4.69) is 39.9 Å². The number of benzene rings is 1. The van der Waals surface area contributed by atoms with Crippen LogP contribution in [0.15, 0.2) is 54.0 Å². The van der Waals surface area contributed by atoms with Gasteiger partial charge in [0.05, 0.1) is 5.92 Å². The second kappa shape index (κ2) is 8.52. The zero-order chi connectivity index (χ0) is 19.3. The molecule has 0 bridgehead atoms.